The summed E-state index contributed by atoms with van der Waals surface area (Å²) in [7, 11) is 3.12. The topological polar surface area (TPSA) is 73.3 Å². The minimum absolute atomic E-state index is 0.332. The van der Waals surface area contributed by atoms with Gasteiger partial charge < -0.3 is 9.47 Å². The summed E-state index contributed by atoms with van der Waals surface area (Å²) in [6, 6.07) is 11.1. The quantitative estimate of drug-likeness (QED) is 0.649. The number of aromatic nitrogens is 2. The molecule has 0 aliphatic carbocycles. The Morgan fingerprint density at radius 3 is 2.41 bits per heavy atom. The maximum atomic E-state index is 13.0. The van der Waals surface area contributed by atoms with Crippen molar-refractivity contribution in [3.05, 3.63) is 59.9 Å². The van der Waals surface area contributed by atoms with E-state index in [2.05, 4.69) is 14.7 Å². The number of carbonyl (C=O) groups is 1. The van der Waals surface area contributed by atoms with Crippen LogP contribution in [-0.2, 0) is 4.79 Å². The highest BCUT2D eigenvalue weighted by Gasteiger charge is 2.08. The zero-order chi connectivity index (χ0) is 19.2. The molecule has 1 amide bonds. The molecule has 1 N–H and O–H groups in total. The molecule has 3 aromatic rings. The van der Waals surface area contributed by atoms with E-state index in [0.717, 1.165) is 17.1 Å². The van der Waals surface area contributed by atoms with Gasteiger partial charge in [-0.2, -0.15) is 9.36 Å². The Kier molecular flexibility index (Phi) is 5.77. The lowest BCUT2D eigenvalue weighted by molar-refractivity contribution is -0.111. The van der Waals surface area contributed by atoms with Crippen LogP contribution in [0.1, 0.15) is 5.56 Å². The van der Waals surface area contributed by atoms with Crippen LogP contribution >= 0.6 is 11.5 Å². The van der Waals surface area contributed by atoms with Gasteiger partial charge in [0.1, 0.15) is 17.3 Å². The second kappa shape index (κ2) is 8.41. The first-order valence-corrected chi connectivity index (χ1v) is 8.66. The van der Waals surface area contributed by atoms with E-state index in [1.165, 1.54) is 18.2 Å². The molecule has 1 heterocycles. The number of nitrogens with one attached hydrogen (secondary N) is 1. The third kappa shape index (κ3) is 4.89. The Hall–Kier alpha value is -3.26. The molecular formula is C19H16FN3O3S. The normalized spacial score (nSPS) is 10.8. The van der Waals surface area contributed by atoms with E-state index in [0.29, 0.717) is 28.0 Å². The van der Waals surface area contributed by atoms with Crippen LogP contribution in [0.4, 0.5) is 9.52 Å². The number of hydrogen-bond acceptors (Lipinski definition) is 6. The van der Waals surface area contributed by atoms with Crippen molar-refractivity contribution < 1.29 is 18.7 Å². The van der Waals surface area contributed by atoms with Gasteiger partial charge in [-0.3, -0.25) is 10.1 Å². The zero-order valence-corrected chi connectivity index (χ0v) is 15.4. The molecule has 138 valence electrons. The Morgan fingerprint density at radius 1 is 1.11 bits per heavy atom. The van der Waals surface area contributed by atoms with E-state index < -0.39 is 0 Å². The van der Waals surface area contributed by atoms with Gasteiger partial charge in [0, 0.05) is 29.2 Å². The van der Waals surface area contributed by atoms with Crippen LogP contribution in [0.25, 0.3) is 17.5 Å². The smallest absolute Gasteiger partial charge is 0.250 e. The molecule has 3 rings (SSSR count). The molecule has 1 aromatic heterocycles. The van der Waals surface area contributed by atoms with Crippen molar-refractivity contribution in [3.63, 3.8) is 0 Å². The fourth-order valence-corrected chi connectivity index (χ4v) is 2.83. The number of nitrogens with zero attached hydrogens (tertiary/aromatic N) is 2. The van der Waals surface area contributed by atoms with E-state index in [1.807, 2.05) is 0 Å². The van der Waals surface area contributed by atoms with Crippen LogP contribution in [0, 0.1) is 5.82 Å². The Labute approximate surface area is 159 Å². The van der Waals surface area contributed by atoms with E-state index in [9.17, 15) is 9.18 Å². The fourth-order valence-electron chi connectivity index (χ4n) is 2.24. The molecule has 0 bridgehead atoms. The van der Waals surface area contributed by atoms with E-state index in [-0.39, 0.29) is 11.7 Å². The number of methoxy groups -OCH3 is 2. The largest absolute Gasteiger partial charge is 0.497 e. The van der Waals surface area contributed by atoms with Crippen molar-refractivity contribution in [2.45, 2.75) is 0 Å². The Morgan fingerprint density at radius 2 is 1.78 bits per heavy atom. The first kappa shape index (κ1) is 18.5. The van der Waals surface area contributed by atoms with Gasteiger partial charge in [0.05, 0.1) is 14.2 Å². The third-order valence-corrected chi connectivity index (χ3v) is 4.19. The van der Waals surface area contributed by atoms with Crippen molar-refractivity contribution in [1.29, 1.82) is 0 Å². The molecule has 0 spiro atoms. The molecule has 0 atom stereocenters. The maximum Gasteiger partial charge on any atom is 0.250 e. The average Bonchev–Trinajstić information content (AvgIpc) is 3.15. The van der Waals surface area contributed by atoms with E-state index >= 15 is 0 Å². The predicted molar refractivity (Wildman–Crippen MR) is 103 cm³/mol. The molecular weight excluding hydrogens is 369 g/mol. The van der Waals surface area contributed by atoms with Gasteiger partial charge >= 0.3 is 0 Å². The van der Waals surface area contributed by atoms with Gasteiger partial charge in [0.2, 0.25) is 11.0 Å². The van der Waals surface area contributed by atoms with Gasteiger partial charge in [-0.1, -0.05) is 0 Å². The van der Waals surface area contributed by atoms with Gasteiger partial charge in [-0.15, -0.1) is 0 Å². The predicted octanol–water partition coefficient (Wildman–Crippen LogP) is 4.01. The van der Waals surface area contributed by atoms with Crippen LogP contribution < -0.4 is 14.8 Å². The molecule has 6 nitrogen and oxygen atoms in total. The number of carbonyl (C=O) groups excluding carboxylic acids is 1. The Bertz CT molecular complexity index is 948. The highest BCUT2D eigenvalue weighted by atomic mass is 32.1. The molecule has 0 aliphatic heterocycles. The minimum Gasteiger partial charge on any atom is -0.497 e. The van der Waals surface area contributed by atoms with Crippen molar-refractivity contribution in [3.8, 4) is 22.9 Å². The number of benzene rings is 2. The van der Waals surface area contributed by atoms with Crippen molar-refractivity contribution in [2.24, 2.45) is 0 Å². The SMILES string of the molecule is COc1cc(/C=C/C(=O)Nc2nc(-c3ccc(F)cc3)ns2)cc(OC)c1. The van der Waals surface area contributed by atoms with E-state index in [4.69, 9.17) is 9.47 Å². The summed E-state index contributed by atoms with van der Waals surface area (Å²) in [4.78, 5) is 16.4. The second-order valence-electron chi connectivity index (χ2n) is 5.40. The number of ether oxygens (including phenoxy) is 2. The monoisotopic (exact) mass is 385 g/mol. The summed E-state index contributed by atoms with van der Waals surface area (Å²) in [6.07, 6.45) is 3.02. The first-order valence-electron chi connectivity index (χ1n) is 7.89. The highest BCUT2D eigenvalue weighted by Crippen LogP contribution is 2.24. The summed E-state index contributed by atoms with van der Waals surface area (Å²) in [6.45, 7) is 0. The molecule has 0 radical (unpaired) electrons. The number of anilines is 1. The lowest BCUT2D eigenvalue weighted by Crippen LogP contribution is -2.07. The minimum atomic E-state index is -0.349. The summed E-state index contributed by atoms with van der Waals surface area (Å²) in [5.41, 5.74) is 1.43. The number of amides is 1. The van der Waals surface area contributed by atoms with Crippen LogP contribution in [0.3, 0.4) is 0 Å². The zero-order valence-electron chi connectivity index (χ0n) is 14.6. The molecule has 27 heavy (non-hydrogen) atoms. The van der Waals surface area contributed by atoms with E-state index in [1.54, 1.807) is 50.6 Å². The molecule has 2 aromatic carbocycles. The standard InChI is InChI=1S/C19H16FN3O3S/c1-25-15-9-12(10-16(11-15)26-2)3-8-17(24)21-19-22-18(23-27-19)13-4-6-14(20)7-5-13/h3-11H,1-2H3,(H,21,22,23,24)/b8-3+. The van der Waals surface area contributed by atoms with Crippen LogP contribution in [0.5, 0.6) is 11.5 Å². The van der Waals surface area contributed by atoms with Gasteiger partial charge in [0.25, 0.3) is 0 Å². The maximum absolute atomic E-state index is 13.0. The first-order chi connectivity index (χ1) is 13.1. The average molecular weight is 385 g/mol. The van der Waals surface area contributed by atoms with Crippen LogP contribution in [0.2, 0.25) is 0 Å². The van der Waals surface area contributed by atoms with Gasteiger partial charge in [-0.05, 0) is 48.0 Å². The van der Waals surface area contributed by atoms with Crippen molar-refractivity contribution in [2.75, 3.05) is 19.5 Å². The number of halogens is 1. The summed E-state index contributed by atoms with van der Waals surface area (Å²) < 4.78 is 27.5. The van der Waals surface area contributed by atoms with Crippen LogP contribution in [0.15, 0.2) is 48.5 Å². The summed E-state index contributed by atoms with van der Waals surface area (Å²) in [5, 5.41) is 3.01. The van der Waals surface area contributed by atoms with Crippen molar-refractivity contribution in [1.82, 2.24) is 9.36 Å². The highest BCUT2D eigenvalue weighted by molar-refractivity contribution is 7.10. The molecule has 0 unspecified atom stereocenters. The molecule has 8 heteroatoms. The third-order valence-electron chi connectivity index (χ3n) is 3.56. The molecule has 0 fully saturated rings. The van der Waals surface area contributed by atoms with Gasteiger partial charge in [0.15, 0.2) is 5.82 Å². The lowest BCUT2D eigenvalue weighted by Gasteiger charge is -2.05. The lowest BCUT2D eigenvalue weighted by atomic mass is 10.2. The number of rotatable bonds is 6. The Balaban J connectivity index is 1.67. The molecule has 0 aliphatic rings. The summed E-state index contributed by atoms with van der Waals surface area (Å²) in [5.74, 6) is 1.00. The summed E-state index contributed by atoms with van der Waals surface area (Å²) >= 11 is 1.05. The second-order valence-corrected chi connectivity index (χ2v) is 6.15. The molecule has 0 saturated heterocycles. The molecule has 0 saturated carbocycles. The van der Waals surface area contributed by atoms with Crippen molar-refractivity contribution >= 4 is 28.6 Å². The number of hydrogen-bond donors (Lipinski definition) is 1. The van der Waals surface area contributed by atoms with Crippen LogP contribution in [-0.4, -0.2) is 29.5 Å². The fraction of sp³-hybridized carbons (Fsp3) is 0.105. The van der Waals surface area contributed by atoms with Gasteiger partial charge in [-0.25, -0.2) is 4.39 Å².